The Kier molecular flexibility index (Phi) is 8.69. The number of ketones is 2. The quantitative estimate of drug-likeness (QED) is 0.326. The van der Waals surface area contributed by atoms with Gasteiger partial charge in [-0.2, -0.15) is 0 Å². The van der Waals surface area contributed by atoms with Crippen molar-refractivity contribution in [3.05, 3.63) is 47.6 Å². The van der Waals surface area contributed by atoms with Crippen LogP contribution in [0.5, 0.6) is 0 Å². The SMILES string of the molecule is CC(=O)C(=O)N[C@H]1/C=C(C)\C=C/[C@@H](O)C/C=C(C)\C=C\[C@@H](O)C[C@@H]2OC(=O)[C@]1(C)C(=O)[C@@H]2C. The fourth-order valence-corrected chi connectivity index (χ4v) is 3.85. The van der Waals surface area contributed by atoms with Crippen molar-refractivity contribution < 1.29 is 34.1 Å². The molecule has 0 aromatic rings. The number of aliphatic hydroxyl groups excluding tert-OH is 2. The zero-order valence-corrected chi connectivity index (χ0v) is 19.7. The highest BCUT2D eigenvalue weighted by atomic mass is 16.5. The topological polar surface area (TPSA) is 130 Å². The van der Waals surface area contributed by atoms with Gasteiger partial charge >= 0.3 is 5.97 Å². The predicted molar refractivity (Wildman–Crippen MR) is 122 cm³/mol. The number of carbonyl (C=O) groups excluding carboxylic acids is 4. The molecule has 33 heavy (non-hydrogen) atoms. The van der Waals surface area contributed by atoms with E-state index in [2.05, 4.69) is 5.32 Å². The second kappa shape index (κ2) is 10.9. The average molecular weight is 460 g/mol. The lowest BCUT2D eigenvalue weighted by Crippen LogP contribution is -2.61. The summed E-state index contributed by atoms with van der Waals surface area (Å²) in [5.74, 6) is -3.74. The third-order valence-electron chi connectivity index (χ3n) is 6.14. The number of allylic oxidation sites excluding steroid dienone is 4. The van der Waals surface area contributed by atoms with E-state index in [4.69, 9.17) is 4.74 Å². The van der Waals surface area contributed by atoms with E-state index in [1.54, 1.807) is 38.2 Å². The third kappa shape index (κ3) is 6.36. The van der Waals surface area contributed by atoms with Gasteiger partial charge in [-0.25, -0.2) is 0 Å². The number of aliphatic hydroxyl groups is 2. The first-order valence-electron chi connectivity index (χ1n) is 11.0. The zero-order chi connectivity index (χ0) is 24.9. The highest BCUT2D eigenvalue weighted by Gasteiger charge is 2.56. The van der Waals surface area contributed by atoms with Gasteiger partial charge in [0.1, 0.15) is 11.5 Å². The molecule has 1 aliphatic carbocycles. The minimum atomic E-state index is -1.78. The number of esters is 1. The largest absolute Gasteiger partial charge is 0.461 e. The molecule has 180 valence electrons. The highest BCUT2D eigenvalue weighted by molar-refractivity contribution is 6.35. The highest BCUT2D eigenvalue weighted by Crippen LogP contribution is 2.38. The Labute approximate surface area is 194 Å². The van der Waals surface area contributed by atoms with Gasteiger partial charge in [0.2, 0.25) is 5.78 Å². The summed E-state index contributed by atoms with van der Waals surface area (Å²) in [7, 11) is 0. The molecule has 2 bridgehead atoms. The Bertz CT molecular complexity index is 929. The second-order valence-corrected chi connectivity index (χ2v) is 8.99. The Hall–Kier alpha value is -2.84. The summed E-state index contributed by atoms with van der Waals surface area (Å²) in [6.07, 6.45) is 7.54. The van der Waals surface area contributed by atoms with Crippen molar-refractivity contribution in [1.29, 1.82) is 0 Å². The smallest absolute Gasteiger partial charge is 0.322 e. The predicted octanol–water partition coefficient (Wildman–Crippen LogP) is 1.72. The van der Waals surface area contributed by atoms with Crippen LogP contribution < -0.4 is 5.32 Å². The van der Waals surface area contributed by atoms with E-state index in [1.807, 2.05) is 13.0 Å². The normalized spacial score (nSPS) is 38.7. The number of fused-ring (bicyclic) bond motifs is 10. The van der Waals surface area contributed by atoms with E-state index in [-0.39, 0.29) is 6.42 Å². The zero-order valence-electron chi connectivity index (χ0n) is 19.7. The summed E-state index contributed by atoms with van der Waals surface area (Å²) in [5.41, 5.74) is -0.371. The summed E-state index contributed by atoms with van der Waals surface area (Å²) >= 11 is 0. The van der Waals surface area contributed by atoms with Gasteiger partial charge in [-0.3, -0.25) is 19.2 Å². The molecule has 1 saturated heterocycles. The first kappa shape index (κ1) is 26.4. The number of Topliss-reactive ketones (excluding diaryl/α,β-unsaturated/α-hetero) is 2. The average Bonchev–Trinajstić information content (AvgIpc) is 2.75. The molecule has 0 radical (unpaired) electrons. The molecule has 3 aliphatic rings. The van der Waals surface area contributed by atoms with Crippen molar-refractivity contribution >= 4 is 23.4 Å². The van der Waals surface area contributed by atoms with Crippen molar-refractivity contribution in [2.75, 3.05) is 0 Å². The van der Waals surface area contributed by atoms with Crippen molar-refractivity contribution in [2.45, 2.75) is 71.8 Å². The summed E-state index contributed by atoms with van der Waals surface area (Å²) in [5, 5.41) is 23.1. The number of amides is 1. The number of hydrogen-bond acceptors (Lipinski definition) is 7. The van der Waals surface area contributed by atoms with Crippen molar-refractivity contribution in [3.8, 4) is 0 Å². The summed E-state index contributed by atoms with van der Waals surface area (Å²) in [6.45, 7) is 7.62. The van der Waals surface area contributed by atoms with E-state index < -0.39 is 59.1 Å². The maximum absolute atomic E-state index is 13.4. The van der Waals surface area contributed by atoms with E-state index in [0.717, 1.165) is 12.5 Å². The Balaban J connectivity index is 2.57. The van der Waals surface area contributed by atoms with Crippen molar-refractivity contribution in [2.24, 2.45) is 11.3 Å². The first-order valence-corrected chi connectivity index (χ1v) is 11.0. The molecule has 3 rings (SSSR count). The van der Waals surface area contributed by atoms with Crippen LogP contribution in [0.2, 0.25) is 0 Å². The molecule has 0 saturated carbocycles. The van der Waals surface area contributed by atoms with Crippen LogP contribution in [0.4, 0.5) is 0 Å². The Morgan fingerprint density at radius 1 is 1.09 bits per heavy atom. The molecule has 0 aromatic carbocycles. The molecule has 2 aliphatic heterocycles. The van der Waals surface area contributed by atoms with E-state index >= 15 is 0 Å². The fraction of sp³-hybridized carbons (Fsp3) is 0.520. The van der Waals surface area contributed by atoms with Crippen LogP contribution >= 0.6 is 0 Å². The minimum absolute atomic E-state index is 0.0298. The molecule has 0 unspecified atom stereocenters. The molecule has 6 atom stereocenters. The van der Waals surface area contributed by atoms with Gasteiger partial charge in [-0.1, -0.05) is 54.5 Å². The van der Waals surface area contributed by atoms with Gasteiger partial charge in [0.05, 0.1) is 24.2 Å². The van der Waals surface area contributed by atoms with E-state index in [0.29, 0.717) is 12.0 Å². The molecule has 1 fully saturated rings. The Morgan fingerprint density at radius 3 is 2.33 bits per heavy atom. The lowest BCUT2D eigenvalue weighted by Gasteiger charge is -2.42. The number of nitrogens with one attached hydrogen (secondary N) is 1. The number of rotatable bonds is 2. The third-order valence-corrected chi connectivity index (χ3v) is 6.14. The van der Waals surface area contributed by atoms with Crippen LogP contribution in [0.1, 0.15) is 47.5 Å². The second-order valence-electron chi connectivity index (χ2n) is 8.99. The van der Waals surface area contributed by atoms with Gasteiger partial charge < -0.3 is 20.3 Å². The molecule has 0 aromatic heterocycles. The van der Waals surface area contributed by atoms with Gasteiger partial charge in [0.15, 0.2) is 5.78 Å². The monoisotopic (exact) mass is 459 g/mol. The standard InChI is InChI=1S/C25H33NO7/c1-14-6-9-18(28)10-8-15(2)12-21(26-23(31)17(4)27)25(5)22(30)16(3)20(33-24(25)32)13-19(29)11-7-14/h6-8,10-12,16,18-21,28-29H,9,13H2,1-5H3,(H,26,31)/b10-8-,11-7+,14-6-,15-12-/t16-,18+,19-,20+,21+,25+/m1/s1. The number of carbonyl (C=O) groups is 4. The van der Waals surface area contributed by atoms with E-state index in [9.17, 15) is 29.4 Å². The van der Waals surface area contributed by atoms with Gasteiger partial charge in [0.25, 0.3) is 5.91 Å². The first-order chi connectivity index (χ1) is 15.4. The van der Waals surface area contributed by atoms with Crippen LogP contribution in [-0.2, 0) is 23.9 Å². The molecule has 8 heteroatoms. The molecule has 3 N–H and O–H groups in total. The summed E-state index contributed by atoms with van der Waals surface area (Å²) in [6, 6.07) is -1.15. The van der Waals surface area contributed by atoms with Crippen LogP contribution in [0.3, 0.4) is 0 Å². The van der Waals surface area contributed by atoms with Crippen LogP contribution in [0.25, 0.3) is 0 Å². The molecule has 1 amide bonds. The summed E-state index contributed by atoms with van der Waals surface area (Å²) < 4.78 is 5.59. The van der Waals surface area contributed by atoms with Gasteiger partial charge in [-0.05, 0) is 27.2 Å². The van der Waals surface area contributed by atoms with Crippen molar-refractivity contribution in [3.63, 3.8) is 0 Å². The lowest BCUT2D eigenvalue weighted by atomic mass is 9.69. The molecular weight excluding hydrogens is 426 g/mol. The van der Waals surface area contributed by atoms with Crippen LogP contribution in [0.15, 0.2) is 47.6 Å². The maximum Gasteiger partial charge on any atom is 0.322 e. The van der Waals surface area contributed by atoms with E-state index in [1.165, 1.54) is 13.0 Å². The number of hydrogen-bond donors (Lipinski definition) is 3. The Morgan fingerprint density at radius 2 is 1.70 bits per heavy atom. The fourth-order valence-electron chi connectivity index (χ4n) is 3.85. The van der Waals surface area contributed by atoms with Gasteiger partial charge in [-0.15, -0.1) is 0 Å². The van der Waals surface area contributed by atoms with Gasteiger partial charge in [0, 0.05) is 13.3 Å². The molecule has 2 heterocycles. The minimum Gasteiger partial charge on any atom is -0.461 e. The molecule has 0 spiro atoms. The van der Waals surface area contributed by atoms with Crippen LogP contribution in [0, 0.1) is 11.3 Å². The maximum atomic E-state index is 13.4. The lowest BCUT2D eigenvalue weighted by molar-refractivity contribution is -0.181. The van der Waals surface area contributed by atoms with Crippen molar-refractivity contribution in [1.82, 2.24) is 5.32 Å². The number of ether oxygens (including phenoxy) is 1. The molecular formula is C25H33NO7. The van der Waals surface area contributed by atoms with Crippen LogP contribution in [-0.4, -0.2) is 58.0 Å². The molecule has 8 nitrogen and oxygen atoms in total. The summed E-state index contributed by atoms with van der Waals surface area (Å²) in [4.78, 5) is 50.3.